The average molecular weight is 335 g/mol. The highest BCUT2D eigenvalue weighted by atomic mass is 127. The third-order valence-electron chi connectivity index (χ3n) is 2.63. The fourth-order valence-corrected chi connectivity index (χ4v) is 2.29. The molecule has 86 valence electrons. The summed E-state index contributed by atoms with van der Waals surface area (Å²) < 4.78 is 0.824. The molecule has 2 N–H and O–H groups in total. The van der Waals surface area contributed by atoms with E-state index < -0.39 is 12.1 Å². The summed E-state index contributed by atoms with van der Waals surface area (Å²) in [5.41, 5.74) is 0. The minimum Gasteiger partial charge on any atom is -0.465 e. The Bertz CT molecular complexity index is 445. The van der Waals surface area contributed by atoms with Crippen molar-refractivity contribution in [1.82, 2.24) is 14.9 Å². The molecule has 0 saturated carbocycles. The van der Waals surface area contributed by atoms with Crippen molar-refractivity contribution in [3.8, 4) is 0 Å². The van der Waals surface area contributed by atoms with Crippen molar-refractivity contribution in [3.63, 3.8) is 0 Å². The molecule has 0 bridgehead atoms. The molecule has 1 aliphatic rings. The lowest BCUT2D eigenvalue weighted by molar-refractivity contribution is -0.129. The van der Waals surface area contributed by atoms with Gasteiger partial charge in [-0.1, -0.05) is 6.92 Å². The van der Waals surface area contributed by atoms with E-state index in [-0.39, 0.29) is 11.8 Å². The van der Waals surface area contributed by atoms with Crippen molar-refractivity contribution >= 4 is 34.6 Å². The molecule has 2 unspecified atom stereocenters. The number of hydrogen-bond acceptors (Lipinski definition) is 3. The van der Waals surface area contributed by atoms with E-state index in [1.807, 2.05) is 0 Å². The minimum atomic E-state index is -1.22. The van der Waals surface area contributed by atoms with Gasteiger partial charge in [0, 0.05) is 5.92 Å². The van der Waals surface area contributed by atoms with Crippen LogP contribution in [0.15, 0.2) is 6.20 Å². The summed E-state index contributed by atoms with van der Waals surface area (Å²) in [6.07, 6.45) is 0.878. The summed E-state index contributed by atoms with van der Waals surface area (Å²) in [5, 5.41) is 9.00. The Kier molecular flexibility index (Phi) is 2.87. The van der Waals surface area contributed by atoms with Crippen LogP contribution in [0.25, 0.3) is 0 Å². The van der Waals surface area contributed by atoms with Gasteiger partial charge in [0.2, 0.25) is 5.91 Å². The molecule has 0 spiro atoms. The van der Waals surface area contributed by atoms with Crippen LogP contribution < -0.4 is 0 Å². The molecule has 1 aromatic heterocycles. The highest BCUT2D eigenvalue weighted by Gasteiger charge is 2.43. The number of halogens is 1. The van der Waals surface area contributed by atoms with Crippen LogP contribution in [0.4, 0.5) is 4.79 Å². The van der Waals surface area contributed by atoms with Crippen molar-refractivity contribution in [3.05, 3.63) is 15.7 Å². The molecule has 1 fully saturated rings. The zero-order chi connectivity index (χ0) is 11.9. The van der Waals surface area contributed by atoms with Gasteiger partial charge in [0.25, 0.3) is 0 Å². The van der Waals surface area contributed by atoms with E-state index in [1.54, 1.807) is 13.1 Å². The van der Waals surface area contributed by atoms with Crippen LogP contribution in [0.5, 0.6) is 0 Å². The van der Waals surface area contributed by atoms with Gasteiger partial charge in [0.15, 0.2) is 0 Å². The molecule has 2 heterocycles. The third-order valence-corrected chi connectivity index (χ3v) is 3.18. The van der Waals surface area contributed by atoms with E-state index >= 15 is 0 Å². The number of nitrogens with one attached hydrogen (secondary N) is 1. The van der Waals surface area contributed by atoms with Crippen LogP contribution in [-0.4, -0.2) is 32.0 Å². The monoisotopic (exact) mass is 335 g/mol. The number of rotatable bonds is 1. The van der Waals surface area contributed by atoms with E-state index in [1.165, 1.54) is 0 Å². The fourth-order valence-electron chi connectivity index (χ4n) is 1.88. The van der Waals surface area contributed by atoms with Crippen molar-refractivity contribution in [2.45, 2.75) is 19.4 Å². The first-order valence-corrected chi connectivity index (χ1v) is 5.85. The fraction of sp³-hybridized carbons (Fsp3) is 0.444. The summed E-state index contributed by atoms with van der Waals surface area (Å²) in [7, 11) is 0. The summed E-state index contributed by atoms with van der Waals surface area (Å²) in [4.78, 5) is 30.6. The molecule has 7 heteroatoms. The summed E-state index contributed by atoms with van der Waals surface area (Å²) >= 11 is 2.05. The number of H-pyrrole nitrogens is 1. The Balaban J connectivity index is 2.34. The Labute approximate surface area is 105 Å². The van der Waals surface area contributed by atoms with E-state index in [0.717, 1.165) is 8.60 Å². The van der Waals surface area contributed by atoms with Gasteiger partial charge in [-0.25, -0.2) is 14.7 Å². The highest BCUT2D eigenvalue weighted by molar-refractivity contribution is 14.1. The van der Waals surface area contributed by atoms with Gasteiger partial charge in [-0.05, 0) is 29.0 Å². The number of carbonyl (C=O) groups excluding carboxylic acids is 1. The largest absolute Gasteiger partial charge is 0.465 e. The minimum absolute atomic E-state index is 0.274. The van der Waals surface area contributed by atoms with Crippen LogP contribution in [0.3, 0.4) is 0 Å². The van der Waals surface area contributed by atoms with Crippen molar-refractivity contribution in [2.24, 2.45) is 5.92 Å². The topological polar surface area (TPSA) is 86.3 Å². The number of carboxylic acid groups (broad SMARTS) is 1. The van der Waals surface area contributed by atoms with E-state index in [0.29, 0.717) is 12.2 Å². The third kappa shape index (κ3) is 1.79. The van der Waals surface area contributed by atoms with Crippen molar-refractivity contribution in [1.29, 1.82) is 0 Å². The molecule has 0 radical (unpaired) electrons. The van der Waals surface area contributed by atoms with Crippen LogP contribution in [0, 0.1) is 9.62 Å². The second-order valence-corrected chi connectivity index (χ2v) is 4.92. The summed E-state index contributed by atoms with van der Waals surface area (Å²) in [6, 6.07) is -0.483. The van der Waals surface area contributed by atoms with E-state index in [9.17, 15) is 9.59 Å². The number of carbonyl (C=O) groups is 2. The van der Waals surface area contributed by atoms with Gasteiger partial charge in [0.05, 0.1) is 9.90 Å². The zero-order valence-corrected chi connectivity index (χ0v) is 10.6. The number of aromatic nitrogens is 2. The Morgan fingerprint density at radius 1 is 1.75 bits per heavy atom. The molecule has 2 atom stereocenters. The summed E-state index contributed by atoms with van der Waals surface area (Å²) in [5.74, 6) is -0.0998. The molecule has 2 amide bonds. The number of imidazole rings is 1. The Morgan fingerprint density at radius 2 is 2.44 bits per heavy atom. The SMILES string of the molecule is CC1CC(c2ncc(I)[nH]2)N(C(=O)O)C1=O. The van der Waals surface area contributed by atoms with E-state index in [4.69, 9.17) is 5.11 Å². The predicted molar refractivity (Wildman–Crippen MR) is 62.7 cm³/mol. The van der Waals surface area contributed by atoms with Crippen LogP contribution in [-0.2, 0) is 4.79 Å². The maximum atomic E-state index is 11.6. The lowest BCUT2D eigenvalue weighted by Crippen LogP contribution is -2.34. The molecular formula is C9H10IN3O3. The number of amides is 2. The maximum Gasteiger partial charge on any atom is 0.414 e. The first-order chi connectivity index (χ1) is 7.50. The number of aromatic amines is 1. The number of imide groups is 1. The molecule has 0 aliphatic carbocycles. The lowest BCUT2D eigenvalue weighted by Gasteiger charge is -2.17. The molecular weight excluding hydrogens is 325 g/mol. The maximum absolute atomic E-state index is 11.6. The lowest BCUT2D eigenvalue weighted by atomic mass is 10.1. The van der Waals surface area contributed by atoms with Gasteiger partial charge in [-0.15, -0.1) is 0 Å². The van der Waals surface area contributed by atoms with Gasteiger partial charge >= 0.3 is 6.09 Å². The summed E-state index contributed by atoms with van der Waals surface area (Å²) in [6.45, 7) is 1.73. The Morgan fingerprint density at radius 3 is 2.94 bits per heavy atom. The number of nitrogens with zero attached hydrogens (tertiary/aromatic N) is 2. The van der Waals surface area contributed by atoms with Gasteiger partial charge in [-0.3, -0.25) is 4.79 Å². The molecule has 6 nitrogen and oxygen atoms in total. The van der Waals surface area contributed by atoms with Crippen LogP contribution in [0.1, 0.15) is 25.2 Å². The second-order valence-electron chi connectivity index (χ2n) is 3.76. The number of hydrogen-bond donors (Lipinski definition) is 2. The molecule has 0 aromatic carbocycles. The predicted octanol–water partition coefficient (Wildman–Crippen LogP) is 1.60. The second kappa shape index (κ2) is 4.04. The number of likely N-dealkylation sites (tertiary alicyclic amines) is 1. The standard InChI is InChI=1S/C9H10IN3O3/c1-4-2-5(7-11-3-6(10)12-7)13(8(4)14)9(15)16/h3-5H,2H2,1H3,(H,11,12)(H,15,16). The van der Waals surface area contributed by atoms with E-state index in [2.05, 4.69) is 32.6 Å². The molecule has 2 rings (SSSR count). The average Bonchev–Trinajstić information content (AvgIpc) is 2.73. The molecule has 1 aromatic rings. The van der Waals surface area contributed by atoms with Crippen LogP contribution in [0.2, 0.25) is 0 Å². The Hall–Kier alpha value is -1.12. The van der Waals surface area contributed by atoms with Crippen molar-refractivity contribution in [2.75, 3.05) is 0 Å². The molecule has 1 aliphatic heterocycles. The first kappa shape index (κ1) is 11.4. The first-order valence-electron chi connectivity index (χ1n) is 4.77. The molecule has 1 saturated heterocycles. The van der Waals surface area contributed by atoms with Gasteiger partial charge in [-0.2, -0.15) is 0 Å². The van der Waals surface area contributed by atoms with Gasteiger partial charge in [0.1, 0.15) is 11.9 Å². The van der Waals surface area contributed by atoms with Gasteiger partial charge < -0.3 is 10.1 Å². The highest BCUT2D eigenvalue weighted by Crippen LogP contribution is 2.34. The van der Waals surface area contributed by atoms with Crippen molar-refractivity contribution < 1.29 is 14.7 Å². The molecule has 16 heavy (non-hydrogen) atoms. The zero-order valence-electron chi connectivity index (χ0n) is 8.48. The quantitative estimate of drug-likeness (QED) is 0.764. The van der Waals surface area contributed by atoms with Crippen LogP contribution >= 0.6 is 22.6 Å². The normalized spacial score (nSPS) is 25.1. The smallest absolute Gasteiger partial charge is 0.414 e.